The number of thiazole rings is 1. The summed E-state index contributed by atoms with van der Waals surface area (Å²) in [6, 6.07) is 0. The van der Waals surface area contributed by atoms with Crippen LogP contribution in [0, 0.1) is 0 Å². The van der Waals surface area contributed by atoms with Crippen molar-refractivity contribution in [2.75, 3.05) is 18.0 Å². The quantitative estimate of drug-likeness (QED) is 0.902. The first kappa shape index (κ1) is 10.5. The molecule has 0 atom stereocenters. The highest BCUT2D eigenvalue weighted by Gasteiger charge is 2.11. The van der Waals surface area contributed by atoms with Crippen LogP contribution in [0.15, 0.2) is 9.98 Å². The first-order valence-electron chi connectivity index (χ1n) is 3.71. The van der Waals surface area contributed by atoms with E-state index in [1.165, 1.54) is 11.3 Å². The Morgan fingerprint density at radius 1 is 1.85 bits per heavy atom. The van der Waals surface area contributed by atoms with Gasteiger partial charge in [0.05, 0.1) is 0 Å². The van der Waals surface area contributed by atoms with Gasteiger partial charge in [-0.15, -0.1) is 11.3 Å². The Morgan fingerprint density at radius 2 is 2.54 bits per heavy atom. The normalized spacial score (nSPS) is 10.0. The molecule has 6 heteroatoms. The molecule has 0 fully saturated rings. The standard InChI is InChI=1S/C7H9BrN2O2S/c1-2-10(3-6(11)12)7-9-5(8)4-13-7/h4H,2-3H2,1H3,(H,11,12). The highest BCUT2D eigenvalue weighted by molar-refractivity contribution is 9.10. The Hall–Kier alpha value is -0.620. The molecule has 1 N–H and O–H groups in total. The van der Waals surface area contributed by atoms with Crippen LogP contribution < -0.4 is 4.90 Å². The molecule has 0 unspecified atom stereocenters. The van der Waals surface area contributed by atoms with Gasteiger partial charge in [-0.1, -0.05) is 0 Å². The third-order valence-electron chi connectivity index (χ3n) is 1.44. The van der Waals surface area contributed by atoms with Crippen molar-refractivity contribution in [2.24, 2.45) is 0 Å². The Labute approximate surface area is 88.3 Å². The Morgan fingerprint density at radius 3 is 2.92 bits per heavy atom. The van der Waals surface area contributed by atoms with E-state index in [1.54, 1.807) is 4.90 Å². The maximum Gasteiger partial charge on any atom is 0.323 e. The number of anilines is 1. The molecule has 1 aromatic rings. The van der Waals surface area contributed by atoms with E-state index in [-0.39, 0.29) is 6.54 Å². The summed E-state index contributed by atoms with van der Waals surface area (Å²) in [5.74, 6) is -0.840. The number of halogens is 1. The van der Waals surface area contributed by atoms with Crippen LogP contribution in [0.5, 0.6) is 0 Å². The molecule has 0 aromatic carbocycles. The first-order valence-corrected chi connectivity index (χ1v) is 5.38. The molecule has 0 radical (unpaired) electrons. The molecule has 0 amide bonds. The van der Waals surface area contributed by atoms with Crippen molar-refractivity contribution >= 4 is 38.4 Å². The van der Waals surface area contributed by atoms with Crippen LogP contribution in [0.25, 0.3) is 0 Å². The van der Waals surface area contributed by atoms with E-state index in [0.717, 1.165) is 9.73 Å². The number of likely N-dealkylation sites (N-methyl/N-ethyl adjacent to an activating group) is 1. The molecule has 4 nitrogen and oxygen atoms in total. The summed E-state index contributed by atoms with van der Waals surface area (Å²) in [6.45, 7) is 2.54. The molecule has 1 rings (SSSR count). The van der Waals surface area contributed by atoms with Crippen molar-refractivity contribution < 1.29 is 9.90 Å². The number of aliphatic carboxylic acids is 1. The number of carbonyl (C=O) groups is 1. The number of hydrogen-bond acceptors (Lipinski definition) is 4. The van der Waals surface area contributed by atoms with Crippen LogP contribution in [-0.2, 0) is 4.79 Å². The fourth-order valence-corrected chi connectivity index (χ4v) is 2.18. The summed E-state index contributed by atoms with van der Waals surface area (Å²) in [5, 5.41) is 11.2. The summed E-state index contributed by atoms with van der Waals surface area (Å²) in [6.07, 6.45) is 0. The molecule has 13 heavy (non-hydrogen) atoms. The molecule has 0 spiro atoms. The van der Waals surface area contributed by atoms with Gasteiger partial charge in [-0.25, -0.2) is 4.98 Å². The van der Waals surface area contributed by atoms with Crippen LogP contribution in [0.4, 0.5) is 5.13 Å². The van der Waals surface area contributed by atoms with Gasteiger partial charge in [0.1, 0.15) is 11.1 Å². The van der Waals surface area contributed by atoms with Gasteiger partial charge in [0, 0.05) is 11.9 Å². The number of nitrogens with zero attached hydrogens (tertiary/aromatic N) is 2. The van der Waals surface area contributed by atoms with E-state index in [2.05, 4.69) is 20.9 Å². The smallest absolute Gasteiger partial charge is 0.323 e. The Balaban J connectivity index is 2.72. The topological polar surface area (TPSA) is 53.4 Å². The third-order valence-corrected chi connectivity index (χ3v) is 3.05. The molecule has 1 aromatic heterocycles. The molecule has 72 valence electrons. The summed E-state index contributed by atoms with van der Waals surface area (Å²) in [7, 11) is 0. The summed E-state index contributed by atoms with van der Waals surface area (Å²) in [4.78, 5) is 16.3. The highest BCUT2D eigenvalue weighted by Crippen LogP contribution is 2.22. The lowest BCUT2D eigenvalue weighted by Gasteiger charge is -2.16. The fourth-order valence-electron chi connectivity index (χ4n) is 0.869. The van der Waals surface area contributed by atoms with Crippen molar-refractivity contribution in [3.63, 3.8) is 0 Å². The first-order chi connectivity index (χ1) is 6.13. The predicted octanol–water partition coefficient (Wildman–Crippen LogP) is 1.82. The van der Waals surface area contributed by atoms with Crippen molar-refractivity contribution in [1.29, 1.82) is 0 Å². The molecule has 0 saturated heterocycles. The number of carboxylic acid groups (broad SMARTS) is 1. The second kappa shape index (κ2) is 4.57. The van der Waals surface area contributed by atoms with Crippen LogP contribution in [0.3, 0.4) is 0 Å². The number of hydrogen-bond donors (Lipinski definition) is 1. The zero-order valence-corrected chi connectivity index (χ0v) is 9.43. The summed E-state index contributed by atoms with van der Waals surface area (Å²) in [5.41, 5.74) is 0. The Bertz CT molecular complexity index is 302. The summed E-state index contributed by atoms with van der Waals surface area (Å²) < 4.78 is 0.747. The van der Waals surface area contributed by atoms with E-state index < -0.39 is 5.97 Å². The van der Waals surface area contributed by atoms with E-state index >= 15 is 0 Å². The second-order valence-corrected chi connectivity index (χ2v) is 4.01. The minimum absolute atomic E-state index is 0.00352. The van der Waals surface area contributed by atoms with Gasteiger partial charge < -0.3 is 10.0 Å². The average molecular weight is 265 g/mol. The summed E-state index contributed by atoms with van der Waals surface area (Å²) >= 11 is 4.65. The Kier molecular flexibility index (Phi) is 3.68. The van der Waals surface area contributed by atoms with Gasteiger partial charge in [-0.3, -0.25) is 4.79 Å². The van der Waals surface area contributed by atoms with Gasteiger partial charge in [-0.2, -0.15) is 0 Å². The molecule has 0 saturated carbocycles. The number of rotatable bonds is 4. The monoisotopic (exact) mass is 264 g/mol. The van der Waals surface area contributed by atoms with Crippen molar-refractivity contribution in [3.8, 4) is 0 Å². The lowest BCUT2D eigenvalue weighted by atomic mass is 10.5. The van der Waals surface area contributed by atoms with E-state index in [4.69, 9.17) is 5.11 Å². The minimum Gasteiger partial charge on any atom is -0.480 e. The van der Waals surface area contributed by atoms with Crippen LogP contribution in [-0.4, -0.2) is 29.1 Å². The van der Waals surface area contributed by atoms with Gasteiger partial charge in [0.2, 0.25) is 0 Å². The molecular formula is C7H9BrN2O2S. The van der Waals surface area contributed by atoms with E-state index in [0.29, 0.717) is 6.54 Å². The van der Waals surface area contributed by atoms with Gasteiger partial charge in [0.25, 0.3) is 0 Å². The maximum atomic E-state index is 10.5. The number of carboxylic acids is 1. The zero-order chi connectivity index (χ0) is 9.84. The highest BCUT2D eigenvalue weighted by atomic mass is 79.9. The molecule has 0 aliphatic heterocycles. The predicted molar refractivity (Wildman–Crippen MR) is 55.3 cm³/mol. The van der Waals surface area contributed by atoms with Gasteiger partial charge in [0.15, 0.2) is 5.13 Å². The lowest BCUT2D eigenvalue weighted by Crippen LogP contribution is -2.29. The van der Waals surface area contributed by atoms with E-state index in [9.17, 15) is 4.79 Å². The SMILES string of the molecule is CCN(CC(=O)O)c1nc(Br)cs1. The third kappa shape index (κ3) is 2.96. The molecule has 0 aliphatic carbocycles. The second-order valence-electron chi connectivity index (χ2n) is 2.36. The molecule has 0 aliphatic rings. The largest absolute Gasteiger partial charge is 0.480 e. The van der Waals surface area contributed by atoms with Crippen molar-refractivity contribution in [2.45, 2.75) is 6.92 Å². The van der Waals surface area contributed by atoms with E-state index in [1.807, 2.05) is 12.3 Å². The van der Waals surface area contributed by atoms with Crippen LogP contribution in [0.1, 0.15) is 6.92 Å². The average Bonchev–Trinajstić information content (AvgIpc) is 2.47. The van der Waals surface area contributed by atoms with Crippen molar-refractivity contribution in [1.82, 2.24) is 4.98 Å². The molecule has 0 bridgehead atoms. The minimum atomic E-state index is -0.840. The number of aromatic nitrogens is 1. The maximum absolute atomic E-state index is 10.5. The molecule has 1 heterocycles. The van der Waals surface area contributed by atoms with Gasteiger partial charge in [-0.05, 0) is 22.9 Å². The zero-order valence-electron chi connectivity index (χ0n) is 7.03. The van der Waals surface area contributed by atoms with Crippen LogP contribution in [0.2, 0.25) is 0 Å². The van der Waals surface area contributed by atoms with Gasteiger partial charge >= 0.3 is 5.97 Å². The fraction of sp³-hybridized carbons (Fsp3) is 0.429. The molecular weight excluding hydrogens is 256 g/mol. The lowest BCUT2D eigenvalue weighted by molar-refractivity contribution is -0.135. The van der Waals surface area contributed by atoms with Crippen LogP contribution >= 0.6 is 27.3 Å². The van der Waals surface area contributed by atoms with Crippen molar-refractivity contribution in [3.05, 3.63) is 9.98 Å².